The lowest BCUT2D eigenvalue weighted by atomic mass is 10.1. The second-order valence-corrected chi connectivity index (χ2v) is 9.98. The number of carbonyl (C=O) groups is 1. The zero-order valence-corrected chi connectivity index (χ0v) is 20.5. The van der Waals surface area contributed by atoms with Crippen LogP contribution < -0.4 is 14.8 Å². The van der Waals surface area contributed by atoms with Crippen molar-refractivity contribution in [2.45, 2.75) is 25.7 Å². The van der Waals surface area contributed by atoms with Crippen LogP contribution in [0.3, 0.4) is 0 Å². The summed E-state index contributed by atoms with van der Waals surface area (Å²) in [6, 6.07) is 26.4. The molecule has 0 fully saturated rings. The molecule has 6 nitrogen and oxygen atoms in total. The van der Waals surface area contributed by atoms with Crippen molar-refractivity contribution in [2.75, 3.05) is 10.0 Å². The van der Waals surface area contributed by atoms with E-state index < -0.39 is 15.9 Å². The number of carbonyl (C=O) groups excluding carboxylic acids is 1. The quantitative estimate of drug-likeness (QED) is 0.314. The number of ether oxygens (including phenoxy) is 1. The fourth-order valence-corrected chi connectivity index (χ4v) is 5.06. The van der Waals surface area contributed by atoms with Gasteiger partial charge in [-0.15, -0.1) is 0 Å². The topological polar surface area (TPSA) is 84.5 Å². The van der Waals surface area contributed by atoms with E-state index in [1.165, 1.54) is 6.07 Å². The monoisotopic (exact) mass is 486 g/mol. The Bertz CT molecular complexity index is 1460. The van der Waals surface area contributed by atoms with Crippen LogP contribution in [0.2, 0.25) is 0 Å². The first-order valence-corrected chi connectivity index (χ1v) is 12.5. The highest BCUT2D eigenvalue weighted by Gasteiger charge is 2.20. The number of rotatable bonds is 7. The number of aryl methyl sites for hydroxylation is 3. The average molecular weight is 487 g/mol. The van der Waals surface area contributed by atoms with E-state index in [9.17, 15) is 13.2 Å². The molecular weight excluding hydrogens is 460 g/mol. The number of benzene rings is 4. The largest absolute Gasteiger partial charge is 0.455 e. The Morgan fingerprint density at radius 2 is 1.43 bits per heavy atom. The first-order chi connectivity index (χ1) is 16.7. The van der Waals surface area contributed by atoms with E-state index >= 15 is 0 Å². The summed E-state index contributed by atoms with van der Waals surface area (Å²) >= 11 is 0. The van der Waals surface area contributed by atoms with Gasteiger partial charge >= 0.3 is 0 Å². The predicted octanol–water partition coefficient (Wildman–Crippen LogP) is 6.46. The van der Waals surface area contributed by atoms with Crippen LogP contribution >= 0.6 is 0 Å². The van der Waals surface area contributed by atoms with E-state index in [1.54, 1.807) is 49.4 Å². The molecule has 4 rings (SSSR count). The molecular formula is C28H26N2O4S. The van der Waals surface area contributed by atoms with Crippen molar-refractivity contribution in [2.24, 2.45) is 0 Å². The smallest absolute Gasteiger partial charge is 0.262 e. The van der Waals surface area contributed by atoms with Crippen molar-refractivity contribution in [3.63, 3.8) is 0 Å². The molecule has 2 N–H and O–H groups in total. The number of hydrogen-bond acceptors (Lipinski definition) is 4. The Kier molecular flexibility index (Phi) is 6.89. The highest BCUT2D eigenvalue weighted by Crippen LogP contribution is 2.30. The Morgan fingerprint density at radius 3 is 2.14 bits per heavy atom. The molecule has 4 aromatic carbocycles. The van der Waals surface area contributed by atoms with Crippen LogP contribution in [0, 0.1) is 20.8 Å². The maximum atomic E-state index is 13.2. The first kappa shape index (κ1) is 24.0. The van der Waals surface area contributed by atoms with Gasteiger partial charge in [0.15, 0.2) is 5.75 Å². The zero-order valence-electron chi connectivity index (χ0n) is 19.7. The average Bonchev–Trinajstić information content (AvgIpc) is 2.80. The summed E-state index contributed by atoms with van der Waals surface area (Å²) in [6.45, 7) is 5.50. The number of para-hydroxylation sites is 3. The van der Waals surface area contributed by atoms with Gasteiger partial charge in [0.05, 0.1) is 10.6 Å². The summed E-state index contributed by atoms with van der Waals surface area (Å²) in [4.78, 5) is 13.1. The Hall–Kier alpha value is -4.10. The lowest BCUT2D eigenvalue weighted by Gasteiger charge is -2.14. The van der Waals surface area contributed by atoms with Crippen LogP contribution in [0.5, 0.6) is 11.5 Å². The molecule has 0 saturated carbocycles. The highest BCUT2D eigenvalue weighted by atomic mass is 32.2. The van der Waals surface area contributed by atoms with Gasteiger partial charge in [0.2, 0.25) is 0 Å². The minimum absolute atomic E-state index is 0.0399. The van der Waals surface area contributed by atoms with Crippen LogP contribution in [0.25, 0.3) is 0 Å². The molecule has 0 aromatic heterocycles. The van der Waals surface area contributed by atoms with Gasteiger partial charge in [-0.1, -0.05) is 42.5 Å². The van der Waals surface area contributed by atoms with Gasteiger partial charge in [-0.25, -0.2) is 8.42 Å². The molecule has 0 aliphatic rings. The third-order valence-electron chi connectivity index (χ3n) is 5.32. The van der Waals surface area contributed by atoms with Crippen molar-refractivity contribution >= 4 is 27.3 Å². The number of nitrogens with one attached hydrogen (secondary N) is 2. The molecule has 7 heteroatoms. The van der Waals surface area contributed by atoms with Gasteiger partial charge in [-0.2, -0.15) is 0 Å². The molecule has 178 valence electrons. The van der Waals surface area contributed by atoms with Crippen LogP contribution in [0.15, 0.2) is 95.9 Å². The highest BCUT2D eigenvalue weighted by molar-refractivity contribution is 7.92. The fraction of sp³-hybridized carbons (Fsp3) is 0.107. The van der Waals surface area contributed by atoms with E-state index in [-0.39, 0.29) is 10.5 Å². The van der Waals surface area contributed by atoms with Crippen molar-refractivity contribution in [1.82, 2.24) is 0 Å². The number of amides is 1. The third-order valence-corrected chi connectivity index (χ3v) is 6.84. The summed E-state index contributed by atoms with van der Waals surface area (Å²) in [5, 5.41) is 2.83. The van der Waals surface area contributed by atoms with Crippen LogP contribution in [0.4, 0.5) is 11.4 Å². The third kappa shape index (κ3) is 5.88. The Labute approximate surface area is 205 Å². The van der Waals surface area contributed by atoms with E-state index in [0.29, 0.717) is 28.4 Å². The second-order valence-electron chi connectivity index (χ2n) is 8.33. The summed E-state index contributed by atoms with van der Waals surface area (Å²) in [6.07, 6.45) is 0. The molecule has 0 spiro atoms. The minimum Gasteiger partial charge on any atom is -0.455 e. The molecule has 0 unspecified atom stereocenters. The van der Waals surface area contributed by atoms with Gasteiger partial charge in [-0.05, 0) is 86.0 Å². The fourth-order valence-electron chi connectivity index (χ4n) is 3.74. The molecule has 0 saturated heterocycles. The molecule has 0 radical (unpaired) electrons. The molecule has 35 heavy (non-hydrogen) atoms. The lowest BCUT2D eigenvalue weighted by molar-refractivity contribution is 0.102. The predicted molar refractivity (Wildman–Crippen MR) is 139 cm³/mol. The Balaban J connectivity index is 1.59. The Morgan fingerprint density at radius 1 is 0.771 bits per heavy atom. The van der Waals surface area contributed by atoms with Crippen molar-refractivity contribution in [3.8, 4) is 11.5 Å². The zero-order chi connectivity index (χ0) is 25.0. The van der Waals surface area contributed by atoms with E-state index in [2.05, 4.69) is 10.0 Å². The normalized spacial score (nSPS) is 11.1. The standard InChI is InChI=1S/C28H26N2O4S/c1-19-15-20(2)17-23(16-19)30-35(32,33)27-18-22(14-13-21(27)3)28(31)29-25-11-7-8-12-26(25)34-24-9-5-4-6-10-24/h4-18,30H,1-3H3,(H,29,31). The van der Waals surface area contributed by atoms with Gasteiger partial charge in [-0.3, -0.25) is 9.52 Å². The number of sulfonamides is 1. The number of hydrogen-bond donors (Lipinski definition) is 2. The van der Waals surface area contributed by atoms with Crippen molar-refractivity contribution in [1.29, 1.82) is 0 Å². The molecule has 0 atom stereocenters. The summed E-state index contributed by atoms with van der Waals surface area (Å²) in [7, 11) is -3.91. The van der Waals surface area contributed by atoms with E-state index in [4.69, 9.17) is 4.74 Å². The van der Waals surface area contributed by atoms with Crippen LogP contribution in [-0.2, 0) is 10.0 Å². The van der Waals surface area contributed by atoms with Gasteiger partial charge in [0, 0.05) is 11.3 Å². The molecule has 0 heterocycles. The van der Waals surface area contributed by atoms with E-state index in [0.717, 1.165) is 11.1 Å². The van der Waals surface area contributed by atoms with Crippen LogP contribution in [-0.4, -0.2) is 14.3 Å². The van der Waals surface area contributed by atoms with Gasteiger partial charge < -0.3 is 10.1 Å². The number of anilines is 2. The van der Waals surface area contributed by atoms with Crippen LogP contribution in [0.1, 0.15) is 27.0 Å². The molecule has 1 amide bonds. The molecule has 4 aromatic rings. The van der Waals surface area contributed by atoms with Crippen molar-refractivity contribution < 1.29 is 17.9 Å². The second kappa shape index (κ2) is 10.0. The molecule has 0 aliphatic heterocycles. The summed E-state index contributed by atoms with van der Waals surface area (Å²) < 4.78 is 34.9. The summed E-state index contributed by atoms with van der Waals surface area (Å²) in [5.41, 5.74) is 3.59. The minimum atomic E-state index is -3.91. The maximum Gasteiger partial charge on any atom is 0.262 e. The summed E-state index contributed by atoms with van der Waals surface area (Å²) in [5.74, 6) is 0.663. The SMILES string of the molecule is Cc1cc(C)cc(NS(=O)(=O)c2cc(C(=O)Nc3ccccc3Oc3ccccc3)ccc2C)c1. The van der Waals surface area contributed by atoms with Gasteiger partial charge in [0.1, 0.15) is 5.75 Å². The maximum absolute atomic E-state index is 13.2. The van der Waals surface area contributed by atoms with Crippen molar-refractivity contribution in [3.05, 3.63) is 113 Å². The van der Waals surface area contributed by atoms with Gasteiger partial charge in [0.25, 0.3) is 15.9 Å². The van der Waals surface area contributed by atoms with E-state index in [1.807, 2.05) is 56.3 Å². The lowest BCUT2D eigenvalue weighted by Crippen LogP contribution is -2.17. The molecule has 0 bridgehead atoms. The first-order valence-electron chi connectivity index (χ1n) is 11.1. The molecule has 0 aliphatic carbocycles.